The van der Waals surface area contributed by atoms with Crippen molar-refractivity contribution in [3.63, 3.8) is 0 Å². The second kappa shape index (κ2) is 11.8. The molecule has 0 radical (unpaired) electrons. The molecule has 0 aromatic heterocycles. The predicted octanol–water partition coefficient (Wildman–Crippen LogP) is 6.27. The van der Waals surface area contributed by atoms with E-state index >= 15 is 0 Å². The minimum Gasteiger partial charge on any atom is -0.493 e. The lowest BCUT2D eigenvalue weighted by Gasteiger charge is -2.38. The van der Waals surface area contributed by atoms with Gasteiger partial charge < -0.3 is 4.74 Å². The molecule has 32 heavy (non-hydrogen) atoms. The van der Waals surface area contributed by atoms with Gasteiger partial charge in [-0.25, -0.2) is 0 Å². The number of fused-ring (bicyclic) bond motifs is 3. The second-order valence-corrected chi connectivity index (χ2v) is 10.6. The largest absolute Gasteiger partial charge is 0.493 e. The molecule has 0 amide bonds. The number of rotatable bonds is 4. The smallest absolute Gasteiger partial charge is 0.159 e. The van der Waals surface area contributed by atoms with E-state index in [0.29, 0.717) is 17.7 Å². The molecule has 3 heterocycles. The van der Waals surface area contributed by atoms with Crippen molar-refractivity contribution in [1.29, 1.82) is 0 Å². The average molecular weight is 442 g/mol. The van der Waals surface area contributed by atoms with Crippen molar-refractivity contribution < 1.29 is 14.3 Å². The number of carbonyl (C=O) groups excluding carboxylic acids is 2. The zero-order valence-electron chi connectivity index (χ0n) is 21.1. The van der Waals surface area contributed by atoms with Crippen LogP contribution in [0.5, 0.6) is 5.75 Å². The summed E-state index contributed by atoms with van der Waals surface area (Å²) in [6.07, 6.45) is 9.51. The first-order chi connectivity index (χ1) is 15.0. The van der Waals surface area contributed by atoms with Gasteiger partial charge in [0, 0.05) is 24.1 Å². The van der Waals surface area contributed by atoms with E-state index in [1.807, 2.05) is 24.3 Å². The van der Waals surface area contributed by atoms with Crippen LogP contribution in [0.1, 0.15) is 89.6 Å². The molecule has 0 N–H and O–H groups in total. The number of piperidine rings is 1. The first kappa shape index (κ1) is 26.3. The van der Waals surface area contributed by atoms with Crippen molar-refractivity contribution in [2.75, 3.05) is 13.2 Å². The van der Waals surface area contributed by atoms with Gasteiger partial charge in [0.25, 0.3) is 0 Å². The molecule has 2 saturated heterocycles. The quantitative estimate of drug-likeness (QED) is 0.408. The summed E-state index contributed by atoms with van der Waals surface area (Å²) in [7, 11) is 0. The molecule has 2 fully saturated rings. The fraction of sp³-hybridized carbons (Fsp3) is 0.643. The molecule has 3 aliphatic heterocycles. The standard InChI is InChI=1S/C12H21NO.C10H10O2.C6H12/c1-3-10-6-11-4-5-12(7-10)13(11)8-9(2)14;1-7(11)8-2-3-10-9(6-8)4-5-12-10;1-5-6(2,3)4/h10-12H,3-8H2,1-2H3;2-3,6H,4-5H2,1H3;5H,1H2,2-4H3. The second-order valence-electron chi connectivity index (χ2n) is 10.6. The summed E-state index contributed by atoms with van der Waals surface area (Å²) in [6.45, 7) is 17.0. The Morgan fingerprint density at radius 3 is 2.22 bits per heavy atom. The highest BCUT2D eigenvalue weighted by atomic mass is 16.5. The van der Waals surface area contributed by atoms with E-state index < -0.39 is 0 Å². The summed E-state index contributed by atoms with van der Waals surface area (Å²) in [6, 6.07) is 7.06. The Morgan fingerprint density at radius 2 is 1.75 bits per heavy atom. The van der Waals surface area contributed by atoms with E-state index in [9.17, 15) is 9.59 Å². The average Bonchev–Trinajstić information content (AvgIpc) is 3.28. The number of carbonyl (C=O) groups is 2. The van der Waals surface area contributed by atoms with Crippen LogP contribution >= 0.6 is 0 Å². The van der Waals surface area contributed by atoms with Crippen molar-refractivity contribution in [1.82, 2.24) is 4.90 Å². The Labute approximate surface area is 195 Å². The third-order valence-corrected chi connectivity index (χ3v) is 6.67. The number of hydrogen-bond acceptors (Lipinski definition) is 4. The van der Waals surface area contributed by atoms with Gasteiger partial charge in [-0.15, -0.1) is 6.58 Å². The number of ether oxygens (including phenoxy) is 1. The fourth-order valence-electron chi connectivity index (χ4n) is 4.64. The third kappa shape index (κ3) is 7.88. The molecule has 4 nitrogen and oxygen atoms in total. The van der Waals surface area contributed by atoms with Gasteiger partial charge in [-0.2, -0.15) is 0 Å². The molecular weight excluding hydrogens is 398 g/mol. The third-order valence-electron chi connectivity index (χ3n) is 6.67. The maximum atomic E-state index is 11.1. The van der Waals surface area contributed by atoms with Crippen LogP contribution in [0.25, 0.3) is 0 Å². The van der Waals surface area contributed by atoms with Gasteiger partial charge in [-0.1, -0.05) is 40.2 Å². The van der Waals surface area contributed by atoms with E-state index in [0.717, 1.165) is 47.9 Å². The zero-order chi connectivity index (χ0) is 23.9. The van der Waals surface area contributed by atoms with Crippen LogP contribution in [-0.4, -0.2) is 41.7 Å². The molecule has 0 aliphatic carbocycles. The minimum absolute atomic E-state index is 0.115. The maximum Gasteiger partial charge on any atom is 0.159 e. The number of ketones is 2. The fourth-order valence-corrected chi connectivity index (χ4v) is 4.64. The van der Waals surface area contributed by atoms with Crippen molar-refractivity contribution in [2.45, 2.75) is 92.2 Å². The van der Waals surface area contributed by atoms with E-state index in [4.69, 9.17) is 4.74 Å². The summed E-state index contributed by atoms with van der Waals surface area (Å²) < 4.78 is 5.32. The van der Waals surface area contributed by atoms with Crippen LogP contribution in [-0.2, 0) is 11.2 Å². The number of nitrogens with zero attached hydrogens (tertiary/aromatic N) is 1. The lowest BCUT2D eigenvalue weighted by Crippen LogP contribution is -2.44. The Bertz CT molecular complexity index is 778. The monoisotopic (exact) mass is 441 g/mol. The molecule has 178 valence electrons. The topological polar surface area (TPSA) is 46.6 Å². The molecule has 1 aromatic carbocycles. The highest BCUT2D eigenvalue weighted by Gasteiger charge is 2.40. The normalized spacial score (nSPS) is 23.6. The van der Waals surface area contributed by atoms with Gasteiger partial charge in [-0.3, -0.25) is 14.5 Å². The van der Waals surface area contributed by atoms with Gasteiger partial charge in [0.05, 0.1) is 13.2 Å². The Hall–Kier alpha value is -1.94. The number of Topliss-reactive ketones (excluding diaryl/α,β-unsaturated/α-hetero) is 2. The first-order valence-corrected chi connectivity index (χ1v) is 12.2. The summed E-state index contributed by atoms with van der Waals surface area (Å²) in [4.78, 5) is 24.6. The Kier molecular flexibility index (Phi) is 9.69. The van der Waals surface area contributed by atoms with Gasteiger partial charge in [0.1, 0.15) is 11.5 Å². The first-order valence-electron chi connectivity index (χ1n) is 12.2. The van der Waals surface area contributed by atoms with E-state index in [1.54, 1.807) is 13.8 Å². The van der Waals surface area contributed by atoms with Crippen molar-refractivity contribution >= 4 is 11.6 Å². The van der Waals surface area contributed by atoms with Gasteiger partial charge in [0.15, 0.2) is 5.78 Å². The molecule has 2 bridgehead atoms. The van der Waals surface area contributed by atoms with Crippen LogP contribution in [0.3, 0.4) is 0 Å². The summed E-state index contributed by atoms with van der Waals surface area (Å²) >= 11 is 0. The van der Waals surface area contributed by atoms with E-state index in [-0.39, 0.29) is 5.78 Å². The molecule has 1 aromatic rings. The molecule has 4 rings (SSSR count). The molecule has 3 aliphatic rings. The van der Waals surface area contributed by atoms with Crippen LogP contribution in [0.15, 0.2) is 30.9 Å². The van der Waals surface area contributed by atoms with Gasteiger partial charge in [0.2, 0.25) is 0 Å². The van der Waals surface area contributed by atoms with Crippen LogP contribution in [0.2, 0.25) is 0 Å². The number of hydrogen-bond donors (Lipinski definition) is 0. The molecule has 0 spiro atoms. The summed E-state index contributed by atoms with van der Waals surface area (Å²) in [5, 5.41) is 0. The lowest BCUT2D eigenvalue weighted by molar-refractivity contribution is -0.119. The SMILES string of the molecule is C=CC(C)(C)C.CC(=O)c1ccc2c(c1)CCO2.CCC1CC2CCC(C1)N2CC(C)=O. The predicted molar refractivity (Wildman–Crippen MR) is 133 cm³/mol. The maximum absolute atomic E-state index is 11.1. The van der Waals surface area contributed by atoms with E-state index in [2.05, 4.69) is 39.2 Å². The molecule has 2 unspecified atom stereocenters. The number of benzene rings is 1. The highest BCUT2D eigenvalue weighted by molar-refractivity contribution is 5.94. The van der Waals surface area contributed by atoms with Crippen molar-refractivity contribution in [2.24, 2.45) is 11.3 Å². The van der Waals surface area contributed by atoms with Crippen LogP contribution < -0.4 is 4.74 Å². The lowest BCUT2D eigenvalue weighted by atomic mass is 9.89. The number of allylic oxidation sites excluding steroid dienone is 1. The van der Waals surface area contributed by atoms with Gasteiger partial charge in [-0.05, 0) is 74.6 Å². The van der Waals surface area contributed by atoms with Crippen LogP contribution in [0, 0.1) is 11.3 Å². The molecular formula is C28H43NO3. The molecule has 2 atom stereocenters. The van der Waals surface area contributed by atoms with Crippen molar-refractivity contribution in [3.8, 4) is 5.75 Å². The summed E-state index contributed by atoms with van der Waals surface area (Å²) in [5.74, 6) is 2.30. The minimum atomic E-state index is 0.115. The molecule has 0 saturated carbocycles. The Balaban J connectivity index is 0.000000184. The van der Waals surface area contributed by atoms with Crippen molar-refractivity contribution in [3.05, 3.63) is 42.0 Å². The van der Waals surface area contributed by atoms with E-state index in [1.165, 1.54) is 32.1 Å². The highest BCUT2D eigenvalue weighted by Crippen LogP contribution is 2.39. The summed E-state index contributed by atoms with van der Waals surface area (Å²) in [5.41, 5.74) is 2.24. The van der Waals surface area contributed by atoms with Crippen LogP contribution in [0.4, 0.5) is 0 Å². The molecule has 4 heteroatoms. The zero-order valence-corrected chi connectivity index (χ0v) is 21.1. The Morgan fingerprint density at radius 1 is 1.16 bits per heavy atom. The van der Waals surface area contributed by atoms with Gasteiger partial charge >= 0.3 is 0 Å².